The quantitative estimate of drug-likeness (QED) is 0.946. The van der Waals surface area contributed by atoms with Crippen molar-refractivity contribution in [3.8, 4) is 5.75 Å². The molecule has 1 aliphatic carbocycles. The molecule has 0 bridgehead atoms. The topological polar surface area (TPSA) is 48.4 Å². The van der Waals surface area contributed by atoms with Gasteiger partial charge in [-0.15, -0.1) is 0 Å². The van der Waals surface area contributed by atoms with Gasteiger partial charge in [0.15, 0.2) is 11.3 Å². The molecule has 3 nitrogen and oxygen atoms in total. The summed E-state index contributed by atoms with van der Waals surface area (Å²) >= 11 is 3.67. The summed E-state index contributed by atoms with van der Waals surface area (Å²) in [4.78, 5) is 0. The Labute approximate surface area is 108 Å². The Balaban J connectivity index is 2.28. The summed E-state index contributed by atoms with van der Waals surface area (Å²) in [5.74, 6) is 0.780. The maximum absolute atomic E-state index is 5.90. The predicted octanol–water partition coefficient (Wildman–Crippen LogP) is 3.19. The van der Waals surface area contributed by atoms with Crippen LogP contribution in [0.1, 0.15) is 18.4 Å². The molecular formula is C13H14BrNO2. The first-order chi connectivity index (χ1) is 8.22. The van der Waals surface area contributed by atoms with Crippen LogP contribution in [0.2, 0.25) is 0 Å². The second kappa shape index (κ2) is 3.75. The number of ether oxygens (including phenoxy) is 1. The third kappa shape index (κ3) is 1.51. The van der Waals surface area contributed by atoms with Gasteiger partial charge in [0.05, 0.1) is 13.4 Å². The van der Waals surface area contributed by atoms with Crippen molar-refractivity contribution in [2.45, 2.75) is 18.3 Å². The molecular weight excluding hydrogens is 282 g/mol. The van der Waals surface area contributed by atoms with Gasteiger partial charge < -0.3 is 14.9 Å². The van der Waals surface area contributed by atoms with Crippen LogP contribution in [-0.4, -0.2) is 13.7 Å². The van der Waals surface area contributed by atoms with E-state index in [0.29, 0.717) is 6.54 Å². The van der Waals surface area contributed by atoms with E-state index in [-0.39, 0.29) is 5.41 Å². The molecule has 0 radical (unpaired) electrons. The van der Waals surface area contributed by atoms with Gasteiger partial charge in [-0.1, -0.05) is 0 Å². The second-order valence-electron chi connectivity index (χ2n) is 4.59. The molecule has 2 N–H and O–H groups in total. The number of furan rings is 1. The van der Waals surface area contributed by atoms with Crippen molar-refractivity contribution in [3.05, 3.63) is 28.4 Å². The fourth-order valence-corrected chi connectivity index (χ4v) is 3.20. The van der Waals surface area contributed by atoms with Gasteiger partial charge in [-0.05, 0) is 46.5 Å². The van der Waals surface area contributed by atoms with Crippen molar-refractivity contribution in [3.63, 3.8) is 0 Å². The predicted molar refractivity (Wildman–Crippen MR) is 70.4 cm³/mol. The van der Waals surface area contributed by atoms with Crippen molar-refractivity contribution in [2.24, 2.45) is 5.73 Å². The van der Waals surface area contributed by atoms with E-state index >= 15 is 0 Å². The summed E-state index contributed by atoms with van der Waals surface area (Å²) in [6.45, 7) is 0.679. The van der Waals surface area contributed by atoms with Crippen LogP contribution in [-0.2, 0) is 5.41 Å². The molecule has 0 spiro atoms. The van der Waals surface area contributed by atoms with E-state index in [1.807, 2.05) is 6.07 Å². The van der Waals surface area contributed by atoms with E-state index in [1.165, 1.54) is 5.56 Å². The molecule has 1 aromatic carbocycles. The van der Waals surface area contributed by atoms with Crippen molar-refractivity contribution < 1.29 is 9.15 Å². The number of fused-ring (bicyclic) bond motifs is 1. The van der Waals surface area contributed by atoms with Crippen molar-refractivity contribution in [2.75, 3.05) is 13.7 Å². The summed E-state index contributed by atoms with van der Waals surface area (Å²) < 4.78 is 11.9. The minimum Gasteiger partial charge on any atom is -0.493 e. The average Bonchev–Trinajstić information content (AvgIpc) is 2.98. The number of benzene rings is 1. The normalized spacial score (nSPS) is 17.4. The van der Waals surface area contributed by atoms with Crippen LogP contribution >= 0.6 is 15.9 Å². The van der Waals surface area contributed by atoms with Gasteiger partial charge in [0.1, 0.15) is 0 Å². The lowest BCUT2D eigenvalue weighted by Crippen LogP contribution is -2.20. The summed E-state index contributed by atoms with van der Waals surface area (Å²) in [5.41, 5.74) is 8.06. The van der Waals surface area contributed by atoms with Gasteiger partial charge in [0.2, 0.25) is 0 Å². The maximum Gasteiger partial charge on any atom is 0.176 e. The zero-order valence-electron chi connectivity index (χ0n) is 9.63. The van der Waals surface area contributed by atoms with E-state index in [1.54, 1.807) is 13.4 Å². The number of rotatable bonds is 3. The number of hydrogen-bond acceptors (Lipinski definition) is 3. The fraction of sp³-hybridized carbons (Fsp3) is 0.385. The van der Waals surface area contributed by atoms with Crippen LogP contribution in [0.4, 0.5) is 0 Å². The largest absolute Gasteiger partial charge is 0.493 e. The van der Waals surface area contributed by atoms with E-state index < -0.39 is 0 Å². The summed E-state index contributed by atoms with van der Waals surface area (Å²) in [6, 6.07) is 4.01. The first kappa shape index (κ1) is 11.1. The number of hydrogen-bond donors (Lipinski definition) is 1. The molecule has 1 aromatic heterocycles. The van der Waals surface area contributed by atoms with Crippen molar-refractivity contribution in [1.29, 1.82) is 0 Å². The highest BCUT2D eigenvalue weighted by Crippen LogP contribution is 2.52. The Morgan fingerprint density at radius 3 is 2.88 bits per heavy atom. The highest BCUT2D eigenvalue weighted by molar-refractivity contribution is 9.10. The Bertz CT molecular complexity index is 572. The molecule has 0 saturated heterocycles. The van der Waals surface area contributed by atoms with Gasteiger partial charge in [-0.3, -0.25) is 0 Å². The second-order valence-corrected chi connectivity index (χ2v) is 5.38. The smallest absolute Gasteiger partial charge is 0.176 e. The lowest BCUT2D eigenvalue weighted by atomic mass is 9.94. The van der Waals surface area contributed by atoms with E-state index in [9.17, 15) is 0 Å². The third-order valence-corrected chi connectivity index (χ3v) is 4.53. The molecule has 2 aromatic rings. The van der Waals surface area contributed by atoms with Gasteiger partial charge in [0, 0.05) is 21.8 Å². The van der Waals surface area contributed by atoms with E-state index in [4.69, 9.17) is 14.9 Å². The van der Waals surface area contributed by atoms with E-state index in [2.05, 4.69) is 22.0 Å². The first-order valence-electron chi connectivity index (χ1n) is 5.66. The minimum atomic E-state index is 0.136. The van der Waals surface area contributed by atoms with Gasteiger partial charge in [0.25, 0.3) is 0 Å². The number of methoxy groups -OCH3 is 1. The Morgan fingerprint density at radius 2 is 2.29 bits per heavy atom. The molecule has 1 aliphatic rings. The lowest BCUT2D eigenvalue weighted by Gasteiger charge is -2.16. The van der Waals surface area contributed by atoms with Gasteiger partial charge >= 0.3 is 0 Å². The number of nitrogens with two attached hydrogens (primary N) is 1. The highest BCUT2D eigenvalue weighted by Gasteiger charge is 2.45. The van der Waals surface area contributed by atoms with Crippen LogP contribution in [0.3, 0.4) is 0 Å². The maximum atomic E-state index is 5.90. The third-order valence-electron chi connectivity index (χ3n) is 3.67. The van der Waals surface area contributed by atoms with Gasteiger partial charge in [-0.25, -0.2) is 0 Å². The van der Waals surface area contributed by atoms with Crippen LogP contribution < -0.4 is 10.5 Å². The molecule has 1 heterocycles. The fourth-order valence-electron chi connectivity index (χ4n) is 2.35. The molecule has 1 saturated carbocycles. The SMILES string of the molecule is COc1cc(C2(CN)CC2)c(Br)c2ccoc12. The Kier molecular flexibility index (Phi) is 2.45. The van der Waals surface area contributed by atoms with Crippen LogP contribution in [0, 0.1) is 0 Å². The molecule has 0 atom stereocenters. The average molecular weight is 296 g/mol. The van der Waals surface area contributed by atoms with Crippen LogP contribution in [0.5, 0.6) is 5.75 Å². The first-order valence-corrected chi connectivity index (χ1v) is 6.45. The number of halogens is 1. The molecule has 1 fully saturated rings. The lowest BCUT2D eigenvalue weighted by molar-refractivity contribution is 0.409. The minimum absolute atomic E-state index is 0.136. The molecule has 0 aliphatic heterocycles. The summed E-state index contributed by atoms with van der Waals surface area (Å²) in [5, 5.41) is 1.05. The Hall–Kier alpha value is -1.00. The standard InChI is InChI=1S/C13H14BrNO2/c1-16-10-6-9(13(7-15)3-4-13)11(14)8-2-5-17-12(8)10/h2,5-6H,3-4,7,15H2,1H3. The highest BCUT2D eigenvalue weighted by atomic mass is 79.9. The zero-order chi connectivity index (χ0) is 12.0. The Morgan fingerprint density at radius 1 is 1.53 bits per heavy atom. The zero-order valence-corrected chi connectivity index (χ0v) is 11.2. The van der Waals surface area contributed by atoms with E-state index in [0.717, 1.165) is 34.0 Å². The molecule has 0 unspecified atom stereocenters. The van der Waals surface area contributed by atoms with Crippen LogP contribution in [0.25, 0.3) is 11.0 Å². The van der Waals surface area contributed by atoms with Crippen LogP contribution in [0.15, 0.2) is 27.3 Å². The molecule has 0 amide bonds. The van der Waals surface area contributed by atoms with Crippen molar-refractivity contribution in [1.82, 2.24) is 0 Å². The summed E-state index contributed by atoms with van der Waals surface area (Å²) in [7, 11) is 1.66. The molecule has 90 valence electrons. The summed E-state index contributed by atoms with van der Waals surface area (Å²) in [6.07, 6.45) is 3.98. The molecule has 17 heavy (non-hydrogen) atoms. The van der Waals surface area contributed by atoms with Gasteiger partial charge in [-0.2, -0.15) is 0 Å². The molecule has 4 heteroatoms. The molecule has 3 rings (SSSR count). The monoisotopic (exact) mass is 295 g/mol. The van der Waals surface area contributed by atoms with Crippen molar-refractivity contribution >= 4 is 26.9 Å².